The van der Waals surface area contributed by atoms with Crippen molar-refractivity contribution in [2.45, 2.75) is 33.3 Å². The van der Waals surface area contributed by atoms with Gasteiger partial charge in [-0.3, -0.25) is 4.79 Å². The van der Waals surface area contributed by atoms with E-state index in [9.17, 15) is 4.79 Å². The first kappa shape index (κ1) is 14.1. The van der Waals surface area contributed by atoms with E-state index in [0.29, 0.717) is 6.61 Å². The number of amides is 1. The number of carbonyl (C=O) groups excluding carboxylic acids is 1. The van der Waals surface area contributed by atoms with Crippen LogP contribution in [0.4, 0.5) is 0 Å². The molecule has 1 aromatic heterocycles. The molecule has 0 saturated heterocycles. The first-order valence-corrected chi connectivity index (χ1v) is 6.62. The Kier molecular flexibility index (Phi) is 5.58. The van der Waals surface area contributed by atoms with Gasteiger partial charge in [0, 0.05) is 20.7 Å². The molecule has 0 fully saturated rings. The second-order valence-corrected chi connectivity index (χ2v) is 5.12. The first-order valence-electron chi connectivity index (χ1n) is 5.80. The molecule has 96 valence electrons. The Hall–Kier alpha value is -0.940. The monoisotopic (exact) mass is 256 g/mol. The third-order valence-corrected chi connectivity index (χ3v) is 3.62. The summed E-state index contributed by atoms with van der Waals surface area (Å²) in [5.41, 5.74) is 0.801. The zero-order valence-corrected chi connectivity index (χ0v) is 11.8. The normalized spacial score (nSPS) is 10.6. The maximum atomic E-state index is 12.1. The molecular formula is C12H20N2O2S. The van der Waals surface area contributed by atoms with Crippen LogP contribution in [0, 0.1) is 6.92 Å². The van der Waals surface area contributed by atoms with E-state index in [0.717, 1.165) is 35.0 Å². The van der Waals surface area contributed by atoms with Crippen LogP contribution in [-0.4, -0.2) is 36.5 Å². The van der Waals surface area contributed by atoms with E-state index < -0.39 is 0 Å². The van der Waals surface area contributed by atoms with Crippen LogP contribution in [-0.2, 0) is 11.3 Å². The molecule has 4 nitrogen and oxygen atoms in total. The van der Waals surface area contributed by atoms with Crippen LogP contribution in [0.25, 0.3) is 0 Å². The molecule has 17 heavy (non-hydrogen) atoms. The van der Waals surface area contributed by atoms with Gasteiger partial charge >= 0.3 is 0 Å². The molecule has 0 radical (unpaired) electrons. The molecule has 0 aliphatic rings. The Labute approximate surface area is 107 Å². The maximum absolute atomic E-state index is 12.1. The van der Waals surface area contributed by atoms with Gasteiger partial charge in [0.15, 0.2) is 0 Å². The van der Waals surface area contributed by atoms with Crippen molar-refractivity contribution < 1.29 is 9.53 Å². The van der Waals surface area contributed by atoms with Gasteiger partial charge in [0.25, 0.3) is 5.91 Å². The van der Waals surface area contributed by atoms with Crippen LogP contribution < -0.4 is 0 Å². The lowest BCUT2D eigenvalue weighted by Crippen LogP contribution is -2.27. The highest BCUT2D eigenvalue weighted by molar-refractivity contribution is 7.13. The van der Waals surface area contributed by atoms with Gasteiger partial charge in [-0.25, -0.2) is 4.98 Å². The maximum Gasteiger partial charge on any atom is 0.265 e. The number of nitrogens with zero attached hydrogens (tertiary/aromatic N) is 2. The third-order valence-electron chi connectivity index (χ3n) is 2.50. The van der Waals surface area contributed by atoms with Crippen molar-refractivity contribution in [3.8, 4) is 0 Å². The lowest BCUT2D eigenvalue weighted by atomic mass is 10.3. The predicted octanol–water partition coefficient (Wildman–Crippen LogP) is 2.47. The fraction of sp³-hybridized carbons (Fsp3) is 0.667. The molecule has 0 unspecified atom stereocenters. The second-order valence-electron chi connectivity index (χ2n) is 4.04. The molecule has 0 saturated carbocycles. The van der Waals surface area contributed by atoms with E-state index in [1.54, 1.807) is 12.0 Å². The molecular weight excluding hydrogens is 236 g/mol. The summed E-state index contributed by atoms with van der Waals surface area (Å²) in [6.07, 6.45) is 2.12. The average molecular weight is 256 g/mol. The summed E-state index contributed by atoms with van der Waals surface area (Å²) < 4.78 is 5.02. The molecule has 0 aromatic carbocycles. The van der Waals surface area contributed by atoms with Crippen LogP contribution in [0.3, 0.4) is 0 Å². The summed E-state index contributed by atoms with van der Waals surface area (Å²) in [7, 11) is 3.47. The minimum Gasteiger partial charge on any atom is -0.378 e. The zero-order valence-electron chi connectivity index (χ0n) is 10.9. The number of unbranched alkanes of at least 4 members (excludes halogenated alkanes) is 1. The Morgan fingerprint density at radius 3 is 2.82 bits per heavy atom. The molecule has 0 aliphatic heterocycles. The molecule has 1 aromatic rings. The number of hydrogen-bond acceptors (Lipinski definition) is 4. The molecule has 5 heteroatoms. The van der Waals surface area contributed by atoms with Crippen molar-refractivity contribution in [2.75, 3.05) is 20.7 Å². The van der Waals surface area contributed by atoms with Crippen molar-refractivity contribution in [1.82, 2.24) is 9.88 Å². The lowest BCUT2D eigenvalue weighted by Gasteiger charge is -2.15. The van der Waals surface area contributed by atoms with Crippen LogP contribution in [0.15, 0.2) is 0 Å². The number of hydrogen-bond donors (Lipinski definition) is 0. The molecule has 0 spiro atoms. The zero-order chi connectivity index (χ0) is 12.8. The summed E-state index contributed by atoms with van der Waals surface area (Å²) in [6, 6.07) is 0. The van der Waals surface area contributed by atoms with E-state index >= 15 is 0 Å². The van der Waals surface area contributed by atoms with Gasteiger partial charge in [0.05, 0.1) is 12.3 Å². The number of ether oxygens (including phenoxy) is 1. The number of aryl methyl sites for hydroxylation is 1. The van der Waals surface area contributed by atoms with Crippen LogP contribution >= 0.6 is 11.3 Å². The van der Waals surface area contributed by atoms with E-state index in [2.05, 4.69) is 11.9 Å². The van der Waals surface area contributed by atoms with Gasteiger partial charge in [-0.15, -0.1) is 11.3 Å². The molecule has 0 aliphatic carbocycles. The van der Waals surface area contributed by atoms with Crippen molar-refractivity contribution in [1.29, 1.82) is 0 Å². The number of thiazole rings is 1. The summed E-state index contributed by atoms with van der Waals surface area (Å²) in [4.78, 5) is 19.0. The Balaban J connectivity index is 2.73. The van der Waals surface area contributed by atoms with Crippen LogP contribution in [0.5, 0.6) is 0 Å². The smallest absolute Gasteiger partial charge is 0.265 e. The summed E-state index contributed by atoms with van der Waals surface area (Å²) in [5, 5.41) is 0.859. The standard InChI is InChI=1S/C12H20N2O2S/c1-5-6-7-14(3)12(15)11-9(2)13-10(17-11)8-16-4/h5-8H2,1-4H3. The van der Waals surface area contributed by atoms with E-state index in [1.165, 1.54) is 11.3 Å². The minimum atomic E-state index is 0.0656. The average Bonchev–Trinajstić information content (AvgIpc) is 2.66. The van der Waals surface area contributed by atoms with Gasteiger partial charge in [0.2, 0.25) is 0 Å². The summed E-state index contributed by atoms with van der Waals surface area (Å²) in [5.74, 6) is 0.0656. The fourth-order valence-electron chi connectivity index (χ4n) is 1.51. The largest absolute Gasteiger partial charge is 0.378 e. The van der Waals surface area contributed by atoms with Crippen LogP contribution in [0.2, 0.25) is 0 Å². The molecule has 1 amide bonds. The summed E-state index contributed by atoms with van der Waals surface area (Å²) in [6.45, 7) is 5.26. The van der Waals surface area contributed by atoms with Gasteiger partial charge in [-0.2, -0.15) is 0 Å². The highest BCUT2D eigenvalue weighted by atomic mass is 32.1. The molecule has 0 atom stereocenters. The van der Waals surface area contributed by atoms with Crippen molar-refractivity contribution in [3.63, 3.8) is 0 Å². The Morgan fingerprint density at radius 1 is 1.53 bits per heavy atom. The van der Waals surface area contributed by atoms with Crippen molar-refractivity contribution >= 4 is 17.2 Å². The molecule has 1 rings (SSSR count). The van der Waals surface area contributed by atoms with E-state index in [4.69, 9.17) is 4.74 Å². The Morgan fingerprint density at radius 2 is 2.24 bits per heavy atom. The lowest BCUT2D eigenvalue weighted by molar-refractivity contribution is 0.0797. The quantitative estimate of drug-likeness (QED) is 0.785. The first-order chi connectivity index (χ1) is 8.10. The number of rotatable bonds is 6. The topological polar surface area (TPSA) is 42.4 Å². The SMILES string of the molecule is CCCCN(C)C(=O)c1sc(COC)nc1C. The number of carbonyl (C=O) groups is 1. The van der Waals surface area contributed by atoms with Gasteiger partial charge in [-0.05, 0) is 13.3 Å². The van der Waals surface area contributed by atoms with Crippen molar-refractivity contribution in [3.05, 3.63) is 15.6 Å². The highest BCUT2D eigenvalue weighted by Crippen LogP contribution is 2.20. The van der Waals surface area contributed by atoms with E-state index in [1.807, 2.05) is 14.0 Å². The predicted molar refractivity (Wildman–Crippen MR) is 69.4 cm³/mol. The number of aromatic nitrogens is 1. The number of methoxy groups -OCH3 is 1. The highest BCUT2D eigenvalue weighted by Gasteiger charge is 2.18. The van der Waals surface area contributed by atoms with Gasteiger partial charge < -0.3 is 9.64 Å². The van der Waals surface area contributed by atoms with E-state index in [-0.39, 0.29) is 5.91 Å². The van der Waals surface area contributed by atoms with Gasteiger partial charge in [-0.1, -0.05) is 13.3 Å². The summed E-state index contributed by atoms with van der Waals surface area (Å²) >= 11 is 1.43. The third kappa shape index (κ3) is 3.78. The fourth-order valence-corrected chi connectivity index (χ4v) is 2.54. The Bertz CT molecular complexity index is 377. The molecule has 0 N–H and O–H groups in total. The molecule has 1 heterocycles. The molecule has 0 bridgehead atoms. The van der Waals surface area contributed by atoms with Crippen molar-refractivity contribution in [2.24, 2.45) is 0 Å². The van der Waals surface area contributed by atoms with Crippen LogP contribution in [0.1, 0.15) is 40.1 Å². The second kappa shape index (κ2) is 6.71. The van der Waals surface area contributed by atoms with Gasteiger partial charge in [0.1, 0.15) is 9.88 Å². The minimum absolute atomic E-state index is 0.0656.